The Labute approximate surface area is 113 Å². The van der Waals surface area contributed by atoms with Gasteiger partial charge in [-0.2, -0.15) is 0 Å². The van der Waals surface area contributed by atoms with Crippen LogP contribution in [-0.4, -0.2) is 22.1 Å². The van der Waals surface area contributed by atoms with Crippen molar-refractivity contribution in [2.24, 2.45) is 9.98 Å². The third-order valence-corrected chi connectivity index (χ3v) is 3.50. The number of hydrogen-bond donors (Lipinski definition) is 1. The van der Waals surface area contributed by atoms with Crippen LogP contribution in [0.4, 0.5) is 0 Å². The average molecular weight is 251 g/mol. The summed E-state index contributed by atoms with van der Waals surface area (Å²) in [5, 5.41) is 0. The van der Waals surface area contributed by atoms with Crippen LogP contribution >= 0.6 is 0 Å². The van der Waals surface area contributed by atoms with Gasteiger partial charge in [-0.1, -0.05) is 37.3 Å². The lowest BCUT2D eigenvalue weighted by atomic mass is 10.0. The summed E-state index contributed by atoms with van der Waals surface area (Å²) in [4.78, 5) is 12.9. The van der Waals surface area contributed by atoms with Crippen LogP contribution < -0.4 is 0 Å². The van der Waals surface area contributed by atoms with Crippen molar-refractivity contribution in [2.75, 3.05) is 0 Å². The fourth-order valence-corrected chi connectivity index (χ4v) is 2.23. The minimum absolute atomic E-state index is 0.342. The Morgan fingerprint density at radius 1 is 1.00 bits per heavy atom. The van der Waals surface area contributed by atoms with Crippen molar-refractivity contribution < 1.29 is 0 Å². The van der Waals surface area contributed by atoms with Crippen molar-refractivity contribution in [1.29, 1.82) is 0 Å². The second-order valence-electron chi connectivity index (χ2n) is 4.94. The molecule has 0 saturated heterocycles. The third kappa shape index (κ3) is 2.12. The lowest BCUT2D eigenvalue weighted by Gasteiger charge is -2.13. The molecule has 1 aromatic carbocycles. The molecule has 1 unspecified atom stereocenters. The zero-order valence-corrected chi connectivity index (χ0v) is 11.2. The molecule has 2 heterocycles. The summed E-state index contributed by atoms with van der Waals surface area (Å²) in [6.07, 6.45) is 2.82. The van der Waals surface area contributed by atoms with Gasteiger partial charge in [0.2, 0.25) is 0 Å². The first-order valence-electron chi connectivity index (χ1n) is 6.61. The molecule has 3 heteroatoms. The van der Waals surface area contributed by atoms with E-state index >= 15 is 0 Å². The van der Waals surface area contributed by atoms with Gasteiger partial charge in [0.1, 0.15) is 11.4 Å². The quantitative estimate of drug-likeness (QED) is 0.868. The molecular weight excluding hydrogens is 234 g/mol. The summed E-state index contributed by atoms with van der Waals surface area (Å²) in [6, 6.07) is 14.3. The first-order valence-corrected chi connectivity index (χ1v) is 6.61. The summed E-state index contributed by atoms with van der Waals surface area (Å²) in [6.45, 7) is 4.19. The molecule has 1 atom stereocenters. The van der Waals surface area contributed by atoms with Crippen LogP contribution in [0.2, 0.25) is 0 Å². The van der Waals surface area contributed by atoms with Crippen molar-refractivity contribution in [3.8, 4) is 0 Å². The summed E-state index contributed by atoms with van der Waals surface area (Å²) in [7, 11) is 0. The predicted molar refractivity (Wildman–Crippen MR) is 79.0 cm³/mol. The Hall–Kier alpha value is -2.16. The molecule has 1 N–H and O–H groups in total. The number of aromatic nitrogens is 1. The highest BCUT2D eigenvalue weighted by atomic mass is 15.1. The first kappa shape index (κ1) is 11.9. The van der Waals surface area contributed by atoms with E-state index in [0.29, 0.717) is 0 Å². The summed E-state index contributed by atoms with van der Waals surface area (Å²) < 4.78 is 0. The van der Waals surface area contributed by atoms with E-state index in [1.807, 2.05) is 36.5 Å². The second-order valence-corrected chi connectivity index (χ2v) is 4.94. The molecule has 3 rings (SSSR count). The minimum atomic E-state index is -0.342. The van der Waals surface area contributed by atoms with Gasteiger partial charge in [0.15, 0.2) is 0 Å². The van der Waals surface area contributed by atoms with Gasteiger partial charge in [-0.3, -0.25) is 9.98 Å². The monoisotopic (exact) mass is 251 g/mol. The maximum atomic E-state index is 4.84. The molecule has 0 radical (unpaired) electrons. The van der Waals surface area contributed by atoms with E-state index in [1.165, 1.54) is 0 Å². The van der Waals surface area contributed by atoms with E-state index in [4.69, 9.17) is 9.98 Å². The highest BCUT2D eigenvalue weighted by molar-refractivity contribution is 6.54. The molecule has 0 spiro atoms. The van der Waals surface area contributed by atoms with E-state index in [9.17, 15) is 0 Å². The minimum Gasteiger partial charge on any atom is -0.360 e. The van der Waals surface area contributed by atoms with Gasteiger partial charge >= 0.3 is 0 Å². The van der Waals surface area contributed by atoms with Crippen molar-refractivity contribution in [2.45, 2.75) is 25.9 Å². The van der Waals surface area contributed by atoms with E-state index in [1.54, 1.807) is 0 Å². The van der Waals surface area contributed by atoms with Crippen LogP contribution in [0.15, 0.2) is 58.6 Å². The van der Waals surface area contributed by atoms with Gasteiger partial charge in [0.05, 0.1) is 11.4 Å². The molecule has 0 saturated carbocycles. The summed E-state index contributed by atoms with van der Waals surface area (Å²) in [5.41, 5.74) is 3.74. The Morgan fingerprint density at radius 3 is 2.37 bits per heavy atom. The molecule has 1 aliphatic heterocycles. The number of aromatic amines is 1. The molecule has 3 nitrogen and oxygen atoms in total. The normalized spacial score (nSPS) is 22.2. The Morgan fingerprint density at radius 2 is 1.74 bits per heavy atom. The fourth-order valence-electron chi connectivity index (χ4n) is 2.23. The van der Waals surface area contributed by atoms with Crippen LogP contribution in [0.25, 0.3) is 0 Å². The molecular formula is C16H17N3. The number of nitrogens with zero attached hydrogens (tertiary/aromatic N) is 2. The number of rotatable bonds is 3. The number of benzene rings is 1. The number of nitrogens with one attached hydrogen (secondary N) is 1. The van der Waals surface area contributed by atoms with Crippen LogP contribution in [-0.2, 0) is 0 Å². The average Bonchev–Trinajstić information content (AvgIpc) is 3.07. The van der Waals surface area contributed by atoms with Crippen LogP contribution in [0.5, 0.6) is 0 Å². The Balaban J connectivity index is 2.11. The predicted octanol–water partition coefficient (Wildman–Crippen LogP) is 3.43. The highest BCUT2D eigenvalue weighted by Gasteiger charge is 2.31. The topological polar surface area (TPSA) is 40.5 Å². The van der Waals surface area contributed by atoms with Crippen molar-refractivity contribution in [3.63, 3.8) is 0 Å². The lowest BCUT2D eigenvalue weighted by Crippen LogP contribution is -2.14. The number of hydrogen-bond acceptors (Lipinski definition) is 2. The standard InChI is InChI=1S/C16H17N3/c1-3-16(2)18-14(12-8-5-4-6-9-12)15(19-16)13-10-7-11-17-13/h4-11,17H,3H2,1-2H3. The van der Waals surface area contributed by atoms with Crippen molar-refractivity contribution >= 4 is 11.4 Å². The molecule has 2 aromatic rings. The van der Waals surface area contributed by atoms with Gasteiger partial charge in [0, 0.05) is 11.8 Å². The molecule has 19 heavy (non-hydrogen) atoms. The summed E-state index contributed by atoms with van der Waals surface area (Å²) in [5.74, 6) is 0. The molecule has 96 valence electrons. The highest BCUT2D eigenvalue weighted by Crippen LogP contribution is 2.27. The number of H-pyrrole nitrogens is 1. The van der Waals surface area contributed by atoms with E-state index in [-0.39, 0.29) is 5.66 Å². The third-order valence-electron chi connectivity index (χ3n) is 3.50. The maximum absolute atomic E-state index is 4.84. The van der Waals surface area contributed by atoms with E-state index in [0.717, 1.165) is 29.1 Å². The van der Waals surface area contributed by atoms with Crippen LogP contribution in [0.3, 0.4) is 0 Å². The zero-order valence-electron chi connectivity index (χ0n) is 11.2. The maximum Gasteiger partial charge on any atom is 0.148 e. The molecule has 0 amide bonds. The fraction of sp³-hybridized carbons (Fsp3) is 0.250. The first-order chi connectivity index (χ1) is 9.22. The molecule has 1 aromatic heterocycles. The molecule has 1 aliphatic rings. The second kappa shape index (κ2) is 4.50. The van der Waals surface area contributed by atoms with Gasteiger partial charge in [-0.15, -0.1) is 0 Å². The summed E-state index contributed by atoms with van der Waals surface area (Å²) >= 11 is 0. The largest absolute Gasteiger partial charge is 0.360 e. The zero-order chi connectivity index (χ0) is 13.3. The van der Waals surface area contributed by atoms with E-state index < -0.39 is 0 Å². The Bertz CT molecular complexity index is 623. The smallest absolute Gasteiger partial charge is 0.148 e. The molecule has 0 aliphatic carbocycles. The van der Waals surface area contributed by atoms with Gasteiger partial charge in [-0.25, -0.2) is 0 Å². The molecule has 0 bridgehead atoms. The van der Waals surface area contributed by atoms with E-state index in [2.05, 4.69) is 31.0 Å². The lowest BCUT2D eigenvalue weighted by molar-refractivity contribution is 0.490. The van der Waals surface area contributed by atoms with Crippen molar-refractivity contribution in [1.82, 2.24) is 4.98 Å². The Kier molecular flexibility index (Phi) is 2.82. The van der Waals surface area contributed by atoms with Gasteiger partial charge in [0.25, 0.3) is 0 Å². The van der Waals surface area contributed by atoms with Crippen LogP contribution in [0, 0.1) is 0 Å². The van der Waals surface area contributed by atoms with Crippen molar-refractivity contribution in [3.05, 3.63) is 59.9 Å². The van der Waals surface area contributed by atoms with Crippen LogP contribution in [0.1, 0.15) is 31.5 Å². The van der Waals surface area contributed by atoms with Gasteiger partial charge < -0.3 is 4.98 Å². The number of aliphatic imine (C=N–C) groups is 2. The van der Waals surface area contributed by atoms with Gasteiger partial charge in [-0.05, 0) is 25.5 Å². The SMILES string of the molecule is CCC1(C)N=C(c2ccccc2)C(c2ccc[nH]2)=N1. The molecule has 0 fully saturated rings.